The summed E-state index contributed by atoms with van der Waals surface area (Å²) in [5.74, 6) is -0.403. The topological polar surface area (TPSA) is 73.8 Å². The summed E-state index contributed by atoms with van der Waals surface area (Å²) >= 11 is 0. The minimum absolute atomic E-state index is 0.149. The molecule has 0 aliphatic carbocycles. The highest BCUT2D eigenvalue weighted by Gasteiger charge is 2.18. The summed E-state index contributed by atoms with van der Waals surface area (Å²) in [7, 11) is 0. The highest BCUT2D eigenvalue weighted by molar-refractivity contribution is 6.43. The number of nitrogens with one attached hydrogen (secondary N) is 2. The van der Waals surface area contributed by atoms with Crippen LogP contribution in [0.1, 0.15) is 32.1 Å². The Morgan fingerprint density at radius 2 is 2.00 bits per heavy atom. The van der Waals surface area contributed by atoms with Crippen molar-refractivity contribution in [3.63, 3.8) is 0 Å². The minimum atomic E-state index is -0.254. The van der Waals surface area contributed by atoms with Gasteiger partial charge in [0.2, 0.25) is 5.91 Å². The van der Waals surface area contributed by atoms with Gasteiger partial charge in [0.05, 0.1) is 0 Å². The number of benzene rings is 1. The van der Waals surface area contributed by atoms with Crippen molar-refractivity contribution in [1.82, 2.24) is 5.43 Å². The quantitative estimate of drug-likeness (QED) is 0.895. The third kappa shape index (κ3) is 3.44. The van der Waals surface area contributed by atoms with E-state index in [-0.39, 0.29) is 11.8 Å². The standard InChI is InChI=1S/C16H20N4O2/c21-15-8-7-14(18-19-15)16(22)17-12-5-4-6-13(11-12)20-9-2-1-3-10-20/h4-6,11H,1-3,7-10H2,(H,17,22)(H,19,21). The maximum absolute atomic E-state index is 12.2. The third-order valence-electron chi connectivity index (χ3n) is 3.99. The number of hydrazone groups is 1. The van der Waals surface area contributed by atoms with Crippen LogP contribution < -0.4 is 15.6 Å². The van der Waals surface area contributed by atoms with Crippen LogP contribution in [0.5, 0.6) is 0 Å². The monoisotopic (exact) mass is 300 g/mol. The first-order chi connectivity index (χ1) is 10.7. The van der Waals surface area contributed by atoms with E-state index in [1.165, 1.54) is 19.3 Å². The van der Waals surface area contributed by atoms with Crippen LogP contribution in [0.2, 0.25) is 0 Å². The molecule has 0 atom stereocenters. The number of rotatable bonds is 3. The SMILES string of the molecule is O=C1CCC(C(=O)Nc2cccc(N3CCCCC3)c2)=NN1. The molecule has 2 N–H and O–H groups in total. The van der Waals surface area contributed by atoms with Crippen molar-refractivity contribution in [3.8, 4) is 0 Å². The first-order valence-corrected chi connectivity index (χ1v) is 7.74. The van der Waals surface area contributed by atoms with Gasteiger partial charge in [0.1, 0.15) is 5.71 Å². The third-order valence-corrected chi connectivity index (χ3v) is 3.99. The van der Waals surface area contributed by atoms with Crippen molar-refractivity contribution in [1.29, 1.82) is 0 Å². The van der Waals surface area contributed by atoms with E-state index >= 15 is 0 Å². The molecule has 0 radical (unpaired) electrons. The number of piperidine rings is 1. The van der Waals surface area contributed by atoms with E-state index in [1.54, 1.807) is 0 Å². The molecule has 116 valence electrons. The highest BCUT2D eigenvalue weighted by atomic mass is 16.2. The summed E-state index contributed by atoms with van der Waals surface area (Å²) in [5, 5.41) is 6.67. The zero-order valence-electron chi connectivity index (χ0n) is 12.5. The number of amides is 2. The van der Waals surface area contributed by atoms with Crippen LogP contribution in [0.4, 0.5) is 11.4 Å². The molecule has 2 aliphatic rings. The van der Waals surface area contributed by atoms with Crippen LogP contribution in [0.15, 0.2) is 29.4 Å². The normalized spacial score (nSPS) is 18.5. The fourth-order valence-corrected chi connectivity index (χ4v) is 2.77. The van der Waals surface area contributed by atoms with Crippen LogP contribution in [-0.2, 0) is 9.59 Å². The molecule has 22 heavy (non-hydrogen) atoms. The molecule has 2 aliphatic heterocycles. The Bertz CT molecular complexity index is 606. The van der Waals surface area contributed by atoms with Gasteiger partial charge in [-0.05, 0) is 37.5 Å². The lowest BCUT2D eigenvalue weighted by Gasteiger charge is -2.29. The zero-order valence-corrected chi connectivity index (χ0v) is 12.5. The Morgan fingerprint density at radius 3 is 2.73 bits per heavy atom. The lowest BCUT2D eigenvalue weighted by molar-refractivity contribution is -0.121. The average Bonchev–Trinajstić information content (AvgIpc) is 2.56. The lowest BCUT2D eigenvalue weighted by Crippen LogP contribution is -2.33. The number of hydrogen-bond donors (Lipinski definition) is 2. The van der Waals surface area contributed by atoms with E-state index in [0.29, 0.717) is 18.6 Å². The van der Waals surface area contributed by atoms with E-state index in [4.69, 9.17) is 0 Å². The van der Waals surface area contributed by atoms with E-state index in [9.17, 15) is 9.59 Å². The molecule has 1 saturated heterocycles. The predicted molar refractivity (Wildman–Crippen MR) is 85.9 cm³/mol. The number of carbonyl (C=O) groups is 2. The van der Waals surface area contributed by atoms with Crippen LogP contribution in [0.25, 0.3) is 0 Å². The van der Waals surface area contributed by atoms with E-state index in [1.807, 2.05) is 18.2 Å². The van der Waals surface area contributed by atoms with E-state index in [0.717, 1.165) is 24.5 Å². The molecule has 0 bridgehead atoms. The smallest absolute Gasteiger partial charge is 0.271 e. The highest BCUT2D eigenvalue weighted by Crippen LogP contribution is 2.23. The van der Waals surface area contributed by atoms with Gasteiger partial charge in [0.25, 0.3) is 5.91 Å². The summed E-state index contributed by atoms with van der Waals surface area (Å²) in [6.45, 7) is 2.13. The largest absolute Gasteiger partial charge is 0.371 e. The molecule has 0 spiro atoms. The Labute approximate surface area is 129 Å². The summed E-state index contributed by atoms with van der Waals surface area (Å²) in [6, 6.07) is 7.88. The molecule has 1 fully saturated rings. The van der Waals surface area contributed by atoms with Crippen molar-refractivity contribution in [2.45, 2.75) is 32.1 Å². The van der Waals surface area contributed by atoms with Gasteiger partial charge in [-0.2, -0.15) is 5.10 Å². The molecule has 1 aromatic carbocycles. The molecular weight excluding hydrogens is 280 g/mol. The number of hydrogen-bond acceptors (Lipinski definition) is 4. The Hall–Kier alpha value is -2.37. The summed E-state index contributed by atoms with van der Waals surface area (Å²) in [6.07, 6.45) is 4.40. The minimum Gasteiger partial charge on any atom is -0.371 e. The molecule has 6 nitrogen and oxygen atoms in total. The summed E-state index contributed by atoms with van der Waals surface area (Å²) in [5.41, 5.74) is 4.60. The van der Waals surface area contributed by atoms with Gasteiger partial charge in [0, 0.05) is 37.3 Å². The van der Waals surface area contributed by atoms with Crippen LogP contribution >= 0.6 is 0 Å². The molecule has 0 saturated carbocycles. The van der Waals surface area contributed by atoms with Crippen molar-refractivity contribution >= 4 is 28.9 Å². The van der Waals surface area contributed by atoms with Gasteiger partial charge >= 0.3 is 0 Å². The molecule has 1 aromatic rings. The van der Waals surface area contributed by atoms with E-state index in [2.05, 4.69) is 26.8 Å². The van der Waals surface area contributed by atoms with Crippen LogP contribution in [-0.4, -0.2) is 30.6 Å². The molecule has 6 heteroatoms. The predicted octanol–water partition coefficient (Wildman–Crippen LogP) is 1.88. The molecular formula is C16H20N4O2. The maximum Gasteiger partial charge on any atom is 0.271 e. The van der Waals surface area contributed by atoms with Gasteiger partial charge in [-0.15, -0.1) is 0 Å². The van der Waals surface area contributed by atoms with Gasteiger partial charge in [-0.1, -0.05) is 6.07 Å². The zero-order chi connectivity index (χ0) is 15.4. The number of nitrogens with zero attached hydrogens (tertiary/aromatic N) is 2. The van der Waals surface area contributed by atoms with Crippen molar-refractivity contribution in [2.75, 3.05) is 23.3 Å². The molecule has 0 unspecified atom stereocenters. The summed E-state index contributed by atoms with van der Waals surface area (Å²) < 4.78 is 0. The summed E-state index contributed by atoms with van der Waals surface area (Å²) in [4.78, 5) is 25.6. The second-order valence-electron chi connectivity index (χ2n) is 5.65. The second kappa shape index (κ2) is 6.60. The molecule has 2 amide bonds. The Kier molecular flexibility index (Phi) is 4.37. The van der Waals surface area contributed by atoms with Gasteiger partial charge in [-0.3, -0.25) is 9.59 Å². The Balaban J connectivity index is 1.67. The molecule has 0 aromatic heterocycles. The molecule has 2 heterocycles. The second-order valence-corrected chi connectivity index (χ2v) is 5.65. The van der Waals surface area contributed by atoms with E-state index < -0.39 is 0 Å². The lowest BCUT2D eigenvalue weighted by atomic mass is 10.1. The fraction of sp³-hybridized carbons (Fsp3) is 0.438. The first-order valence-electron chi connectivity index (χ1n) is 7.74. The maximum atomic E-state index is 12.2. The first kappa shape index (κ1) is 14.6. The van der Waals surface area contributed by atoms with Gasteiger partial charge in [-0.25, -0.2) is 5.43 Å². The fourth-order valence-electron chi connectivity index (χ4n) is 2.77. The van der Waals surface area contributed by atoms with Crippen LogP contribution in [0, 0.1) is 0 Å². The average molecular weight is 300 g/mol. The number of anilines is 2. The van der Waals surface area contributed by atoms with Gasteiger partial charge < -0.3 is 10.2 Å². The van der Waals surface area contributed by atoms with Crippen molar-refractivity contribution in [2.24, 2.45) is 5.10 Å². The number of carbonyl (C=O) groups excluding carboxylic acids is 2. The van der Waals surface area contributed by atoms with Gasteiger partial charge in [0.15, 0.2) is 0 Å². The van der Waals surface area contributed by atoms with Crippen molar-refractivity contribution in [3.05, 3.63) is 24.3 Å². The van der Waals surface area contributed by atoms with Crippen LogP contribution in [0.3, 0.4) is 0 Å². The van der Waals surface area contributed by atoms with Crippen molar-refractivity contribution < 1.29 is 9.59 Å². The Morgan fingerprint density at radius 1 is 1.18 bits per heavy atom. The molecule has 3 rings (SSSR count).